The topological polar surface area (TPSA) is 98.3 Å². The zero-order valence-corrected chi connectivity index (χ0v) is 19.1. The van der Waals surface area contributed by atoms with Crippen LogP contribution in [0.25, 0.3) is 0 Å². The van der Waals surface area contributed by atoms with E-state index in [0.29, 0.717) is 25.1 Å². The molecule has 3 atom stereocenters. The highest BCUT2D eigenvalue weighted by molar-refractivity contribution is 5.94. The summed E-state index contributed by atoms with van der Waals surface area (Å²) in [6, 6.07) is 9.92. The van der Waals surface area contributed by atoms with E-state index in [1.54, 1.807) is 11.9 Å². The van der Waals surface area contributed by atoms with E-state index in [0.717, 1.165) is 55.3 Å². The molecule has 1 fully saturated rings. The van der Waals surface area contributed by atoms with Gasteiger partial charge in [-0.1, -0.05) is 30.3 Å². The average Bonchev–Trinajstić information content (AvgIpc) is 3.16. The van der Waals surface area contributed by atoms with Crippen molar-refractivity contribution in [3.05, 3.63) is 52.8 Å². The summed E-state index contributed by atoms with van der Waals surface area (Å²) in [5, 5.41) is 21.4. The van der Waals surface area contributed by atoms with Crippen LogP contribution in [0.2, 0.25) is 0 Å². The van der Waals surface area contributed by atoms with Crippen molar-refractivity contribution in [2.75, 3.05) is 13.6 Å². The van der Waals surface area contributed by atoms with Crippen LogP contribution in [0.1, 0.15) is 72.8 Å². The summed E-state index contributed by atoms with van der Waals surface area (Å²) in [5.41, 5.74) is 3.52. The molecule has 2 aliphatic carbocycles. The number of H-pyrrole nitrogens is 1. The Morgan fingerprint density at radius 3 is 2.66 bits per heavy atom. The van der Waals surface area contributed by atoms with Gasteiger partial charge in [-0.15, -0.1) is 0 Å². The Morgan fingerprint density at radius 2 is 1.91 bits per heavy atom. The first-order chi connectivity index (χ1) is 15.4. The number of likely N-dealkylation sites (N-methyl/N-ethyl adjacent to an activating group) is 1. The first-order valence-corrected chi connectivity index (χ1v) is 11.7. The standard InChI is InChI=1S/C25H34N4O3/c1-17(30)26-16-25(18-8-4-3-5-9-18)14-12-21(22(31)13-15-25)29(2)24(32)23-19-10-6-7-11-20(19)27-28-23/h3-5,8-9,21-22,31H,6-7,10-16H2,1-2H3,(H,26,30)(H,27,28)/t21-,22-,25-/m1/s1. The van der Waals surface area contributed by atoms with Crippen molar-refractivity contribution < 1.29 is 14.7 Å². The second-order valence-corrected chi connectivity index (χ2v) is 9.42. The number of aliphatic hydroxyl groups excluding tert-OH is 1. The van der Waals surface area contributed by atoms with Gasteiger partial charge in [-0.2, -0.15) is 5.10 Å². The lowest BCUT2D eigenvalue weighted by Crippen LogP contribution is -2.44. The molecule has 2 amide bonds. The Hall–Kier alpha value is -2.67. The molecule has 1 aromatic carbocycles. The first kappa shape index (κ1) is 22.5. The van der Waals surface area contributed by atoms with Gasteiger partial charge in [0.05, 0.1) is 12.1 Å². The van der Waals surface area contributed by atoms with E-state index < -0.39 is 6.10 Å². The van der Waals surface area contributed by atoms with Crippen molar-refractivity contribution in [3.8, 4) is 0 Å². The van der Waals surface area contributed by atoms with Crippen LogP contribution < -0.4 is 5.32 Å². The number of aryl methyl sites for hydroxylation is 1. The molecule has 32 heavy (non-hydrogen) atoms. The maximum atomic E-state index is 13.4. The maximum absolute atomic E-state index is 13.4. The highest BCUT2D eigenvalue weighted by Gasteiger charge is 2.40. The minimum absolute atomic E-state index is 0.0581. The third kappa shape index (κ3) is 4.44. The molecule has 0 spiro atoms. The van der Waals surface area contributed by atoms with Gasteiger partial charge in [0.2, 0.25) is 5.91 Å². The number of carbonyl (C=O) groups excluding carboxylic acids is 2. The highest BCUT2D eigenvalue weighted by atomic mass is 16.3. The van der Waals surface area contributed by atoms with Crippen molar-refractivity contribution in [1.29, 1.82) is 0 Å². The van der Waals surface area contributed by atoms with Crippen molar-refractivity contribution >= 4 is 11.8 Å². The van der Waals surface area contributed by atoms with Gasteiger partial charge < -0.3 is 15.3 Å². The summed E-state index contributed by atoms with van der Waals surface area (Å²) >= 11 is 0. The number of carbonyl (C=O) groups is 2. The molecule has 172 valence electrons. The molecule has 7 nitrogen and oxygen atoms in total. The second kappa shape index (κ2) is 9.45. The van der Waals surface area contributed by atoms with Crippen LogP contribution >= 0.6 is 0 Å². The minimum atomic E-state index is -0.623. The van der Waals surface area contributed by atoms with Gasteiger partial charge in [0.1, 0.15) is 0 Å². The summed E-state index contributed by atoms with van der Waals surface area (Å²) in [7, 11) is 1.78. The molecule has 4 rings (SSSR count). The minimum Gasteiger partial charge on any atom is -0.391 e. The summed E-state index contributed by atoms with van der Waals surface area (Å²) in [4.78, 5) is 26.7. The van der Waals surface area contributed by atoms with Gasteiger partial charge in [0.25, 0.3) is 5.91 Å². The predicted octanol–water partition coefficient (Wildman–Crippen LogP) is 2.74. The van der Waals surface area contributed by atoms with Crippen LogP contribution in [0, 0.1) is 0 Å². The van der Waals surface area contributed by atoms with Crippen LogP contribution in [0.5, 0.6) is 0 Å². The van der Waals surface area contributed by atoms with Gasteiger partial charge in [-0.25, -0.2) is 0 Å². The van der Waals surface area contributed by atoms with E-state index in [2.05, 4.69) is 27.6 Å². The molecule has 0 bridgehead atoms. The van der Waals surface area contributed by atoms with E-state index in [1.807, 2.05) is 18.2 Å². The average molecular weight is 439 g/mol. The fraction of sp³-hybridized carbons (Fsp3) is 0.560. The Bertz CT molecular complexity index is 957. The van der Waals surface area contributed by atoms with Crippen molar-refractivity contribution in [2.24, 2.45) is 0 Å². The molecule has 1 aromatic heterocycles. The van der Waals surface area contributed by atoms with E-state index >= 15 is 0 Å². The molecule has 3 N–H and O–H groups in total. The first-order valence-electron chi connectivity index (χ1n) is 11.7. The lowest BCUT2D eigenvalue weighted by Gasteiger charge is -2.34. The monoisotopic (exact) mass is 438 g/mol. The fourth-order valence-corrected chi connectivity index (χ4v) is 5.44. The van der Waals surface area contributed by atoms with Gasteiger partial charge in [-0.3, -0.25) is 14.7 Å². The molecule has 7 heteroatoms. The van der Waals surface area contributed by atoms with Crippen LogP contribution in [0.4, 0.5) is 0 Å². The van der Waals surface area contributed by atoms with Gasteiger partial charge in [0.15, 0.2) is 5.69 Å². The molecule has 2 aliphatic rings. The molecule has 1 saturated carbocycles. The smallest absolute Gasteiger partial charge is 0.274 e. The molecule has 2 aromatic rings. The highest BCUT2D eigenvalue weighted by Crippen LogP contribution is 2.39. The zero-order valence-electron chi connectivity index (χ0n) is 19.1. The van der Waals surface area contributed by atoms with Crippen molar-refractivity contribution in [2.45, 2.75) is 75.9 Å². The van der Waals surface area contributed by atoms with Crippen molar-refractivity contribution in [3.63, 3.8) is 0 Å². The Morgan fingerprint density at radius 1 is 1.19 bits per heavy atom. The van der Waals surface area contributed by atoms with Gasteiger partial charge >= 0.3 is 0 Å². The lowest BCUT2D eigenvalue weighted by molar-refractivity contribution is -0.119. The third-order valence-electron chi connectivity index (χ3n) is 7.42. The number of fused-ring (bicyclic) bond motifs is 1. The maximum Gasteiger partial charge on any atom is 0.274 e. The summed E-state index contributed by atoms with van der Waals surface area (Å²) < 4.78 is 0. The molecule has 0 saturated heterocycles. The number of aromatic amines is 1. The number of benzene rings is 1. The van der Waals surface area contributed by atoms with Crippen LogP contribution in [0.15, 0.2) is 30.3 Å². The SMILES string of the molecule is CC(=O)NC[C@]1(c2ccccc2)CC[C@@H](O)[C@H](N(C)C(=O)c2n[nH]c3c2CCCC3)CC1. The van der Waals surface area contributed by atoms with Gasteiger partial charge in [-0.05, 0) is 56.9 Å². The van der Waals surface area contributed by atoms with E-state index in [1.165, 1.54) is 6.92 Å². The molecule has 0 unspecified atom stereocenters. The van der Waals surface area contributed by atoms with Crippen molar-refractivity contribution in [1.82, 2.24) is 20.4 Å². The van der Waals surface area contributed by atoms with Crippen LogP contribution in [-0.2, 0) is 23.1 Å². The molecule has 0 radical (unpaired) electrons. The number of hydrogen-bond donors (Lipinski definition) is 3. The van der Waals surface area contributed by atoms with Gasteiger partial charge in [0, 0.05) is 37.2 Å². The number of aromatic nitrogens is 2. The second-order valence-electron chi connectivity index (χ2n) is 9.42. The van der Waals surface area contributed by atoms with Crippen LogP contribution in [0.3, 0.4) is 0 Å². The molecule has 1 heterocycles. The fourth-order valence-electron chi connectivity index (χ4n) is 5.44. The number of aliphatic hydroxyl groups is 1. The number of nitrogens with one attached hydrogen (secondary N) is 2. The molecular weight excluding hydrogens is 404 g/mol. The normalized spacial score (nSPS) is 25.5. The van der Waals surface area contributed by atoms with E-state index in [4.69, 9.17) is 0 Å². The largest absolute Gasteiger partial charge is 0.391 e. The van der Waals surface area contributed by atoms with E-state index in [9.17, 15) is 14.7 Å². The summed E-state index contributed by atoms with van der Waals surface area (Å²) in [6.45, 7) is 2.06. The number of amides is 2. The third-order valence-corrected chi connectivity index (χ3v) is 7.42. The quantitative estimate of drug-likeness (QED) is 0.625. The zero-order chi connectivity index (χ0) is 22.7. The summed E-state index contributed by atoms with van der Waals surface area (Å²) in [6.07, 6.45) is 6.13. The molecule has 0 aliphatic heterocycles. The lowest BCUT2D eigenvalue weighted by atomic mass is 9.74. The van der Waals surface area contributed by atoms with E-state index in [-0.39, 0.29) is 23.3 Å². The number of hydrogen-bond acceptors (Lipinski definition) is 4. The van der Waals surface area contributed by atoms with Crippen LogP contribution in [-0.4, -0.2) is 57.8 Å². The summed E-state index contributed by atoms with van der Waals surface area (Å²) in [5.74, 6) is -0.181. The molecular formula is C25H34N4O3. The Labute approximate surface area is 189 Å². The Kier molecular flexibility index (Phi) is 6.65. The predicted molar refractivity (Wildman–Crippen MR) is 122 cm³/mol. The Balaban J connectivity index is 1.55. The number of rotatable bonds is 5. The number of nitrogens with zero attached hydrogens (tertiary/aromatic N) is 2.